The molecule has 0 spiro atoms. The number of halogens is 1. The summed E-state index contributed by atoms with van der Waals surface area (Å²) >= 11 is 5.36. The largest absolute Gasteiger partial charge is 0.394 e. The molecule has 0 aliphatic rings. The van der Waals surface area contributed by atoms with Crippen molar-refractivity contribution in [1.82, 2.24) is 10.2 Å². The number of hydrogen-bond acceptors (Lipinski definition) is 3. The molecule has 0 rings (SSSR count). The summed E-state index contributed by atoms with van der Waals surface area (Å²) in [5.74, 6) is 0.349. The number of likely N-dealkylation sites (N-methyl/N-ethyl adjacent to an activating group) is 1. The van der Waals surface area contributed by atoms with Gasteiger partial charge in [-0.15, -0.1) is 11.6 Å². The van der Waals surface area contributed by atoms with E-state index in [9.17, 15) is 4.79 Å². The van der Waals surface area contributed by atoms with Gasteiger partial charge in [0.15, 0.2) is 0 Å². The lowest BCUT2D eigenvalue weighted by atomic mass is 10.3. The van der Waals surface area contributed by atoms with E-state index >= 15 is 0 Å². The molecule has 0 heterocycles. The van der Waals surface area contributed by atoms with Crippen LogP contribution in [0.4, 0.5) is 4.79 Å². The second kappa shape index (κ2) is 6.94. The van der Waals surface area contributed by atoms with E-state index in [1.807, 2.05) is 0 Å². The molecule has 78 valence electrons. The fourth-order valence-electron chi connectivity index (χ4n) is 0.746. The van der Waals surface area contributed by atoms with Gasteiger partial charge < -0.3 is 20.4 Å². The van der Waals surface area contributed by atoms with E-state index in [2.05, 4.69) is 5.32 Å². The van der Waals surface area contributed by atoms with Crippen LogP contribution < -0.4 is 5.32 Å². The van der Waals surface area contributed by atoms with E-state index in [0.717, 1.165) is 0 Å². The van der Waals surface area contributed by atoms with Crippen LogP contribution in [0.2, 0.25) is 0 Å². The van der Waals surface area contributed by atoms with Gasteiger partial charge in [-0.25, -0.2) is 4.79 Å². The van der Waals surface area contributed by atoms with Crippen molar-refractivity contribution in [3.8, 4) is 0 Å². The number of aliphatic hydroxyl groups excluding tert-OH is 2. The van der Waals surface area contributed by atoms with Gasteiger partial charge in [0, 0.05) is 19.5 Å². The van der Waals surface area contributed by atoms with Crippen molar-refractivity contribution in [2.45, 2.75) is 6.10 Å². The zero-order valence-electron chi connectivity index (χ0n) is 7.53. The van der Waals surface area contributed by atoms with E-state index in [0.29, 0.717) is 12.4 Å². The van der Waals surface area contributed by atoms with Crippen LogP contribution in [0, 0.1) is 0 Å². The molecule has 0 aromatic carbocycles. The molecule has 0 saturated carbocycles. The maximum atomic E-state index is 11.1. The van der Waals surface area contributed by atoms with E-state index in [1.54, 1.807) is 0 Å². The molecule has 1 unspecified atom stereocenters. The number of nitrogens with zero attached hydrogens (tertiary/aromatic N) is 1. The summed E-state index contributed by atoms with van der Waals surface area (Å²) in [5.41, 5.74) is 0. The molecule has 2 amide bonds. The van der Waals surface area contributed by atoms with E-state index in [-0.39, 0.29) is 19.2 Å². The first kappa shape index (κ1) is 12.5. The Labute approximate surface area is 82.3 Å². The zero-order valence-corrected chi connectivity index (χ0v) is 8.29. The molecule has 1 atom stereocenters. The van der Waals surface area contributed by atoms with Crippen molar-refractivity contribution in [3.63, 3.8) is 0 Å². The lowest BCUT2D eigenvalue weighted by Crippen LogP contribution is -2.42. The SMILES string of the molecule is CN(CC(O)CO)C(=O)NCCCl. The number of rotatable bonds is 5. The number of alkyl halides is 1. The summed E-state index contributed by atoms with van der Waals surface area (Å²) in [6.07, 6.45) is -0.897. The van der Waals surface area contributed by atoms with Crippen molar-refractivity contribution < 1.29 is 15.0 Å². The highest BCUT2D eigenvalue weighted by molar-refractivity contribution is 6.18. The number of aliphatic hydroxyl groups is 2. The Hall–Kier alpha value is -0.520. The first-order chi connectivity index (χ1) is 6.11. The summed E-state index contributed by atoms with van der Waals surface area (Å²) < 4.78 is 0. The second-order valence-corrected chi connectivity index (χ2v) is 3.02. The number of nitrogens with one attached hydrogen (secondary N) is 1. The summed E-state index contributed by atoms with van der Waals surface area (Å²) in [5, 5.41) is 20.0. The molecule has 13 heavy (non-hydrogen) atoms. The second-order valence-electron chi connectivity index (χ2n) is 2.64. The van der Waals surface area contributed by atoms with Gasteiger partial charge in [0.25, 0.3) is 0 Å². The number of carbonyl (C=O) groups is 1. The molecule has 0 radical (unpaired) electrons. The number of urea groups is 1. The Morgan fingerprint density at radius 2 is 2.31 bits per heavy atom. The Bertz CT molecular complexity index is 157. The first-order valence-corrected chi connectivity index (χ1v) is 4.49. The van der Waals surface area contributed by atoms with Crippen molar-refractivity contribution in [3.05, 3.63) is 0 Å². The first-order valence-electron chi connectivity index (χ1n) is 3.95. The highest BCUT2D eigenvalue weighted by Gasteiger charge is 2.11. The Kier molecular flexibility index (Phi) is 6.66. The third-order valence-electron chi connectivity index (χ3n) is 1.41. The molecule has 0 aromatic rings. The summed E-state index contributed by atoms with van der Waals surface area (Å²) in [6, 6.07) is -0.312. The van der Waals surface area contributed by atoms with Crippen LogP contribution in [-0.2, 0) is 0 Å². The molecule has 0 fully saturated rings. The molecule has 0 bridgehead atoms. The Morgan fingerprint density at radius 3 is 2.77 bits per heavy atom. The minimum absolute atomic E-state index is 0.102. The molecule has 5 nitrogen and oxygen atoms in total. The van der Waals surface area contributed by atoms with Crippen molar-refractivity contribution in [1.29, 1.82) is 0 Å². The average Bonchev–Trinajstić information content (AvgIpc) is 2.13. The van der Waals surface area contributed by atoms with Crippen LogP contribution in [0.3, 0.4) is 0 Å². The molecule has 0 aliphatic heterocycles. The molecule has 3 N–H and O–H groups in total. The Morgan fingerprint density at radius 1 is 1.69 bits per heavy atom. The van der Waals surface area contributed by atoms with Crippen molar-refractivity contribution in [2.24, 2.45) is 0 Å². The maximum Gasteiger partial charge on any atom is 0.317 e. The topological polar surface area (TPSA) is 72.8 Å². The lowest BCUT2D eigenvalue weighted by Gasteiger charge is -2.19. The lowest BCUT2D eigenvalue weighted by molar-refractivity contribution is 0.0733. The number of amides is 2. The van der Waals surface area contributed by atoms with Crippen LogP contribution in [0.1, 0.15) is 0 Å². The monoisotopic (exact) mass is 210 g/mol. The minimum atomic E-state index is -0.897. The standard InChI is InChI=1S/C7H15ClN2O3/c1-10(4-6(12)5-11)7(13)9-3-2-8/h6,11-12H,2-5H2,1H3,(H,9,13). The predicted molar refractivity (Wildman–Crippen MR) is 49.8 cm³/mol. The van der Waals surface area contributed by atoms with Crippen LogP contribution >= 0.6 is 11.6 Å². The van der Waals surface area contributed by atoms with Gasteiger partial charge in [0.05, 0.1) is 19.3 Å². The van der Waals surface area contributed by atoms with Crippen LogP contribution in [-0.4, -0.2) is 59.9 Å². The zero-order chi connectivity index (χ0) is 10.3. The van der Waals surface area contributed by atoms with Gasteiger partial charge in [0.2, 0.25) is 0 Å². The normalized spacial score (nSPS) is 12.3. The maximum absolute atomic E-state index is 11.1. The summed E-state index contributed by atoms with van der Waals surface area (Å²) in [7, 11) is 1.53. The molecule has 6 heteroatoms. The number of carbonyl (C=O) groups excluding carboxylic acids is 1. The molecular weight excluding hydrogens is 196 g/mol. The molecule has 0 saturated heterocycles. The summed E-state index contributed by atoms with van der Waals surface area (Å²) in [6.45, 7) is 0.137. The predicted octanol–water partition coefficient (Wildman–Crippen LogP) is -0.780. The fraction of sp³-hybridized carbons (Fsp3) is 0.857. The van der Waals surface area contributed by atoms with Gasteiger partial charge in [-0.2, -0.15) is 0 Å². The molecule has 0 aromatic heterocycles. The number of hydrogen-bond donors (Lipinski definition) is 3. The highest BCUT2D eigenvalue weighted by Crippen LogP contribution is 1.89. The highest BCUT2D eigenvalue weighted by atomic mass is 35.5. The molecular formula is C7H15ClN2O3. The third kappa shape index (κ3) is 5.68. The average molecular weight is 211 g/mol. The van der Waals surface area contributed by atoms with Crippen LogP contribution in [0.15, 0.2) is 0 Å². The van der Waals surface area contributed by atoms with E-state index in [4.69, 9.17) is 21.8 Å². The van der Waals surface area contributed by atoms with Crippen molar-refractivity contribution >= 4 is 17.6 Å². The Balaban J connectivity index is 3.68. The van der Waals surface area contributed by atoms with Gasteiger partial charge in [0.1, 0.15) is 0 Å². The van der Waals surface area contributed by atoms with E-state index in [1.165, 1.54) is 11.9 Å². The van der Waals surface area contributed by atoms with Crippen LogP contribution in [0.25, 0.3) is 0 Å². The van der Waals surface area contributed by atoms with Gasteiger partial charge in [-0.1, -0.05) is 0 Å². The van der Waals surface area contributed by atoms with Gasteiger partial charge in [-0.05, 0) is 0 Å². The molecule has 0 aliphatic carbocycles. The van der Waals surface area contributed by atoms with Gasteiger partial charge >= 0.3 is 6.03 Å². The quantitative estimate of drug-likeness (QED) is 0.522. The van der Waals surface area contributed by atoms with E-state index < -0.39 is 6.10 Å². The van der Waals surface area contributed by atoms with Crippen LogP contribution in [0.5, 0.6) is 0 Å². The van der Waals surface area contributed by atoms with Gasteiger partial charge in [-0.3, -0.25) is 0 Å². The van der Waals surface area contributed by atoms with Crippen molar-refractivity contribution in [2.75, 3.05) is 32.6 Å². The minimum Gasteiger partial charge on any atom is -0.394 e. The fourth-order valence-corrected chi connectivity index (χ4v) is 0.840. The third-order valence-corrected chi connectivity index (χ3v) is 1.60. The summed E-state index contributed by atoms with van der Waals surface area (Å²) in [4.78, 5) is 12.4. The smallest absolute Gasteiger partial charge is 0.317 e.